The monoisotopic (exact) mass is 242 g/mol. The molecule has 0 fully saturated rings. The van der Waals surface area contributed by atoms with Gasteiger partial charge in [0.25, 0.3) is 5.83 Å². The minimum atomic E-state index is -4.78. The van der Waals surface area contributed by atoms with Gasteiger partial charge in [-0.15, -0.1) is 0 Å². The van der Waals surface area contributed by atoms with Gasteiger partial charge in [0.05, 0.1) is 0 Å². The third kappa shape index (κ3) is 2.91. The Morgan fingerprint density at radius 3 is 1.94 bits per heavy atom. The minimum Gasteiger partial charge on any atom is -0.427 e. The number of alkyl halides is 2. The van der Waals surface area contributed by atoms with Crippen LogP contribution < -0.4 is 4.74 Å². The lowest BCUT2D eigenvalue weighted by Crippen LogP contribution is -2.26. The summed E-state index contributed by atoms with van der Waals surface area (Å²) in [5.41, 5.74) is 0. The summed E-state index contributed by atoms with van der Waals surface area (Å²) in [5.74, 6) is -4.34. The molecule has 0 heterocycles. The molecule has 0 amide bonds. The van der Waals surface area contributed by atoms with E-state index >= 15 is 0 Å². The number of rotatable bonds is 3. The molecule has 1 nitrogen and oxygen atoms in total. The predicted octanol–water partition coefficient (Wildman–Crippen LogP) is 3.87. The van der Waals surface area contributed by atoms with Crippen molar-refractivity contribution in [2.75, 3.05) is 0 Å². The Kier molecular flexibility index (Phi) is 3.46. The lowest BCUT2D eigenvalue weighted by molar-refractivity contribution is -0.159. The molecule has 88 valence electrons. The maximum atomic E-state index is 12.6. The van der Waals surface area contributed by atoms with Crippen molar-refractivity contribution in [1.82, 2.24) is 0 Å². The van der Waals surface area contributed by atoms with Gasteiger partial charge < -0.3 is 4.74 Å². The third-order valence-electron chi connectivity index (χ3n) is 1.48. The molecule has 0 radical (unpaired) electrons. The smallest absolute Gasteiger partial charge is 0.427 e. The number of hydrogen-bond acceptors (Lipinski definition) is 1. The van der Waals surface area contributed by atoms with Gasteiger partial charge in [-0.3, -0.25) is 0 Å². The molecule has 0 N–H and O–H groups in total. The highest BCUT2D eigenvalue weighted by molar-refractivity contribution is 5.23. The molecular formula is C9H4F6O. The van der Waals surface area contributed by atoms with Crippen molar-refractivity contribution in [3.8, 4) is 5.75 Å². The van der Waals surface area contributed by atoms with Crippen molar-refractivity contribution < 1.29 is 31.1 Å². The molecule has 0 aliphatic carbocycles. The quantitative estimate of drug-likeness (QED) is 0.731. The lowest BCUT2D eigenvalue weighted by atomic mass is 10.3. The Morgan fingerprint density at radius 2 is 1.50 bits per heavy atom. The summed E-state index contributed by atoms with van der Waals surface area (Å²) >= 11 is 0. The second kappa shape index (κ2) is 4.46. The van der Waals surface area contributed by atoms with Crippen LogP contribution in [-0.2, 0) is 0 Å². The van der Waals surface area contributed by atoms with Crippen molar-refractivity contribution in [1.29, 1.82) is 0 Å². The molecule has 0 saturated heterocycles. The fourth-order valence-electron chi connectivity index (χ4n) is 0.805. The summed E-state index contributed by atoms with van der Waals surface area (Å²) in [4.78, 5) is 0. The summed E-state index contributed by atoms with van der Waals surface area (Å²) in [7, 11) is 0. The van der Waals surface area contributed by atoms with E-state index in [0.29, 0.717) is 0 Å². The highest BCUT2D eigenvalue weighted by atomic mass is 19.3. The van der Waals surface area contributed by atoms with Gasteiger partial charge in [0.1, 0.15) is 11.6 Å². The van der Waals surface area contributed by atoms with Crippen molar-refractivity contribution >= 4 is 0 Å². The van der Waals surface area contributed by atoms with Crippen molar-refractivity contribution in [3.63, 3.8) is 0 Å². The van der Waals surface area contributed by atoms with E-state index in [9.17, 15) is 26.3 Å². The topological polar surface area (TPSA) is 9.23 Å². The number of ether oxygens (including phenoxy) is 1. The number of hydrogen-bond donors (Lipinski definition) is 0. The van der Waals surface area contributed by atoms with Gasteiger partial charge in [0.15, 0.2) is 0 Å². The first-order valence-corrected chi connectivity index (χ1v) is 3.86. The second-order valence-electron chi connectivity index (χ2n) is 2.65. The normalized spacial score (nSPS) is 11.1. The van der Waals surface area contributed by atoms with Gasteiger partial charge in [-0.25, -0.2) is 4.39 Å². The fraction of sp³-hybridized carbons (Fsp3) is 0.111. The van der Waals surface area contributed by atoms with Gasteiger partial charge in [0, 0.05) is 0 Å². The van der Waals surface area contributed by atoms with Crippen LogP contribution in [0, 0.1) is 5.82 Å². The van der Waals surface area contributed by atoms with Gasteiger partial charge in [0.2, 0.25) is 0 Å². The Bertz CT molecular complexity index is 393. The Labute approximate surface area is 85.9 Å². The van der Waals surface area contributed by atoms with E-state index in [-0.39, 0.29) is 0 Å². The first kappa shape index (κ1) is 12.4. The van der Waals surface area contributed by atoms with Crippen molar-refractivity contribution in [3.05, 3.63) is 42.0 Å². The van der Waals surface area contributed by atoms with Gasteiger partial charge >= 0.3 is 12.2 Å². The van der Waals surface area contributed by atoms with Crippen LogP contribution in [0.25, 0.3) is 0 Å². The third-order valence-corrected chi connectivity index (χ3v) is 1.48. The molecule has 1 aromatic carbocycles. The zero-order valence-corrected chi connectivity index (χ0v) is 7.49. The van der Waals surface area contributed by atoms with Crippen LogP contribution in [0.15, 0.2) is 36.2 Å². The van der Waals surface area contributed by atoms with Crippen LogP contribution in [0.2, 0.25) is 0 Å². The van der Waals surface area contributed by atoms with Crippen LogP contribution in [0.1, 0.15) is 0 Å². The standard InChI is InChI=1S/C9H4F6O/c10-5-1-3-6(4-2-5)16-9(14,15)7(11)8(12)13/h1-4H. The van der Waals surface area contributed by atoms with E-state index in [1.54, 1.807) is 0 Å². The zero-order valence-electron chi connectivity index (χ0n) is 7.49. The first-order chi connectivity index (χ1) is 7.33. The predicted molar refractivity (Wildman–Crippen MR) is 42.3 cm³/mol. The summed E-state index contributed by atoms with van der Waals surface area (Å²) < 4.78 is 76.7. The van der Waals surface area contributed by atoms with Crippen LogP contribution in [0.3, 0.4) is 0 Å². The molecule has 0 saturated carbocycles. The molecule has 16 heavy (non-hydrogen) atoms. The zero-order chi connectivity index (χ0) is 12.3. The Hall–Kier alpha value is -1.66. The molecule has 0 unspecified atom stereocenters. The van der Waals surface area contributed by atoms with Crippen LogP contribution in [0.4, 0.5) is 26.3 Å². The van der Waals surface area contributed by atoms with E-state index in [1.165, 1.54) is 0 Å². The molecule has 0 aliphatic rings. The summed E-state index contributed by atoms with van der Waals surface area (Å²) in [6.07, 6.45) is -7.96. The van der Waals surface area contributed by atoms with Crippen molar-refractivity contribution in [2.24, 2.45) is 0 Å². The molecule has 0 aliphatic heterocycles. The molecule has 7 heteroatoms. The lowest BCUT2D eigenvalue weighted by Gasteiger charge is -2.15. The molecule has 0 atom stereocenters. The van der Waals surface area contributed by atoms with E-state index in [0.717, 1.165) is 24.3 Å². The fourth-order valence-corrected chi connectivity index (χ4v) is 0.805. The van der Waals surface area contributed by atoms with Gasteiger partial charge in [-0.2, -0.15) is 22.0 Å². The van der Waals surface area contributed by atoms with E-state index in [1.807, 2.05) is 0 Å². The number of halogens is 6. The molecular weight excluding hydrogens is 238 g/mol. The van der Waals surface area contributed by atoms with E-state index in [4.69, 9.17) is 0 Å². The summed E-state index contributed by atoms with van der Waals surface area (Å²) in [6.45, 7) is 0. The van der Waals surface area contributed by atoms with E-state index in [2.05, 4.69) is 4.74 Å². The first-order valence-electron chi connectivity index (χ1n) is 3.86. The van der Waals surface area contributed by atoms with Gasteiger partial charge in [-0.05, 0) is 24.3 Å². The SMILES string of the molecule is FC(F)=C(F)C(F)(F)Oc1ccc(F)cc1. The molecule has 0 aromatic heterocycles. The Balaban J connectivity index is 2.88. The highest BCUT2D eigenvalue weighted by Crippen LogP contribution is 2.32. The average molecular weight is 242 g/mol. The minimum absolute atomic E-state index is 0.636. The van der Waals surface area contributed by atoms with E-state index < -0.39 is 29.6 Å². The molecule has 1 aromatic rings. The molecule has 1 rings (SSSR count). The van der Waals surface area contributed by atoms with Crippen LogP contribution in [0.5, 0.6) is 5.75 Å². The largest absolute Gasteiger partial charge is 0.459 e. The molecule has 0 spiro atoms. The molecule has 0 bridgehead atoms. The maximum absolute atomic E-state index is 12.6. The maximum Gasteiger partial charge on any atom is 0.459 e. The summed E-state index contributed by atoms with van der Waals surface area (Å²) in [6, 6.07) is 3.04. The Morgan fingerprint density at radius 1 is 1.00 bits per heavy atom. The van der Waals surface area contributed by atoms with Crippen LogP contribution >= 0.6 is 0 Å². The summed E-state index contributed by atoms with van der Waals surface area (Å²) in [5, 5.41) is 0. The van der Waals surface area contributed by atoms with Crippen molar-refractivity contribution in [2.45, 2.75) is 6.11 Å². The number of benzene rings is 1. The highest BCUT2D eigenvalue weighted by Gasteiger charge is 2.42. The van der Waals surface area contributed by atoms with Crippen LogP contribution in [-0.4, -0.2) is 6.11 Å². The average Bonchev–Trinajstić information content (AvgIpc) is 2.20. The van der Waals surface area contributed by atoms with Gasteiger partial charge in [-0.1, -0.05) is 0 Å². The second-order valence-corrected chi connectivity index (χ2v) is 2.65.